The Bertz CT molecular complexity index is 578. The van der Waals surface area contributed by atoms with Crippen LogP contribution in [0.4, 0.5) is 5.95 Å². The fraction of sp³-hybridized carbons (Fsp3) is 0.267. The van der Waals surface area contributed by atoms with Gasteiger partial charge in [-0.15, -0.1) is 0 Å². The first kappa shape index (κ1) is 14.4. The number of benzene rings is 1. The average molecular weight is 286 g/mol. The molecule has 0 bridgehead atoms. The fourth-order valence-electron chi connectivity index (χ4n) is 1.94. The standard InChI is InChI=1S/C15H18N4S/c1-10-9-11(2)17-14(16-10)19-15(20)18-12(3)13-7-5-4-6-8-13/h4-9,12H,1-3H3,(H2,16,17,18,19,20). The van der Waals surface area contributed by atoms with E-state index in [2.05, 4.69) is 39.7 Å². The Hall–Kier alpha value is -2.01. The van der Waals surface area contributed by atoms with Crippen molar-refractivity contribution in [3.8, 4) is 0 Å². The summed E-state index contributed by atoms with van der Waals surface area (Å²) in [7, 11) is 0. The van der Waals surface area contributed by atoms with Crippen LogP contribution in [-0.4, -0.2) is 15.1 Å². The topological polar surface area (TPSA) is 49.8 Å². The lowest BCUT2D eigenvalue weighted by Gasteiger charge is -2.16. The van der Waals surface area contributed by atoms with Gasteiger partial charge in [0.05, 0.1) is 6.04 Å². The first-order chi connectivity index (χ1) is 9.54. The van der Waals surface area contributed by atoms with Crippen LogP contribution in [0.1, 0.15) is 29.9 Å². The normalized spacial score (nSPS) is 11.8. The minimum atomic E-state index is 0.127. The van der Waals surface area contributed by atoms with E-state index in [-0.39, 0.29) is 6.04 Å². The van der Waals surface area contributed by atoms with Gasteiger partial charge >= 0.3 is 0 Å². The molecule has 1 atom stereocenters. The smallest absolute Gasteiger partial charge is 0.229 e. The van der Waals surface area contributed by atoms with Crippen LogP contribution >= 0.6 is 12.2 Å². The summed E-state index contributed by atoms with van der Waals surface area (Å²) in [5.74, 6) is 0.528. The Kier molecular flexibility index (Phi) is 4.63. The van der Waals surface area contributed by atoms with E-state index in [1.807, 2.05) is 38.1 Å². The lowest BCUT2D eigenvalue weighted by atomic mass is 10.1. The van der Waals surface area contributed by atoms with Crippen LogP contribution in [0.25, 0.3) is 0 Å². The summed E-state index contributed by atoms with van der Waals surface area (Å²) in [6.45, 7) is 5.93. The van der Waals surface area contributed by atoms with Gasteiger partial charge in [-0.2, -0.15) is 0 Å². The van der Waals surface area contributed by atoms with Crippen molar-refractivity contribution in [1.29, 1.82) is 0 Å². The molecule has 2 rings (SSSR count). The number of nitrogens with zero attached hydrogens (tertiary/aromatic N) is 2. The third-order valence-electron chi connectivity index (χ3n) is 2.85. The molecule has 0 aliphatic carbocycles. The van der Waals surface area contributed by atoms with E-state index in [0.717, 1.165) is 11.4 Å². The highest BCUT2D eigenvalue weighted by molar-refractivity contribution is 7.80. The number of anilines is 1. The Morgan fingerprint density at radius 1 is 1.10 bits per heavy atom. The van der Waals surface area contributed by atoms with E-state index in [9.17, 15) is 0 Å². The summed E-state index contributed by atoms with van der Waals surface area (Å²) < 4.78 is 0. The fourth-order valence-corrected chi connectivity index (χ4v) is 2.21. The quantitative estimate of drug-likeness (QED) is 0.849. The maximum absolute atomic E-state index is 5.30. The van der Waals surface area contributed by atoms with Gasteiger partial charge in [-0.1, -0.05) is 30.3 Å². The molecule has 0 radical (unpaired) electrons. The maximum Gasteiger partial charge on any atom is 0.229 e. The van der Waals surface area contributed by atoms with E-state index >= 15 is 0 Å². The van der Waals surface area contributed by atoms with Gasteiger partial charge < -0.3 is 10.6 Å². The lowest BCUT2D eigenvalue weighted by Crippen LogP contribution is -2.31. The summed E-state index contributed by atoms with van der Waals surface area (Å²) in [5.41, 5.74) is 3.01. The monoisotopic (exact) mass is 286 g/mol. The SMILES string of the molecule is Cc1cc(C)nc(NC(=S)NC(C)c2ccccc2)n1. The van der Waals surface area contributed by atoms with Gasteiger partial charge in [0.1, 0.15) is 0 Å². The summed E-state index contributed by atoms with van der Waals surface area (Å²) in [6.07, 6.45) is 0. The molecule has 104 valence electrons. The molecule has 2 N–H and O–H groups in total. The molecule has 0 aliphatic rings. The van der Waals surface area contributed by atoms with Crippen molar-refractivity contribution in [2.24, 2.45) is 0 Å². The molecule has 0 saturated heterocycles. The van der Waals surface area contributed by atoms with Crippen molar-refractivity contribution in [3.63, 3.8) is 0 Å². The Balaban J connectivity index is 1.99. The van der Waals surface area contributed by atoms with Gasteiger partial charge in [-0.05, 0) is 44.6 Å². The molecule has 1 heterocycles. The second kappa shape index (κ2) is 6.43. The van der Waals surface area contributed by atoms with Crippen LogP contribution in [0.15, 0.2) is 36.4 Å². The summed E-state index contributed by atoms with van der Waals surface area (Å²) in [4.78, 5) is 8.61. The van der Waals surface area contributed by atoms with Crippen LogP contribution in [0.2, 0.25) is 0 Å². The molecule has 0 amide bonds. The zero-order valence-corrected chi connectivity index (χ0v) is 12.7. The molecule has 5 heteroatoms. The predicted octanol–water partition coefficient (Wildman–Crippen LogP) is 3.14. The van der Waals surface area contributed by atoms with E-state index in [4.69, 9.17) is 12.2 Å². The largest absolute Gasteiger partial charge is 0.356 e. The van der Waals surface area contributed by atoms with Gasteiger partial charge in [0.2, 0.25) is 5.95 Å². The van der Waals surface area contributed by atoms with Gasteiger partial charge in [0, 0.05) is 11.4 Å². The van der Waals surface area contributed by atoms with E-state index in [0.29, 0.717) is 11.1 Å². The van der Waals surface area contributed by atoms with Gasteiger partial charge in [-0.3, -0.25) is 0 Å². The summed E-state index contributed by atoms with van der Waals surface area (Å²) in [6, 6.07) is 12.2. The molecule has 2 aromatic rings. The highest BCUT2D eigenvalue weighted by Gasteiger charge is 2.07. The molecule has 1 aromatic heterocycles. The second-order valence-corrected chi connectivity index (χ2v) is 5.11. The molecule has 0 spiro atoms. The highest BCUT2D eigenvalue weighted by atomic mass is 32.1. The number of aromatic nitrogens is 2. The van der Waals surface area contributed by atoms with Crippen molar-refractivity contribution in [3.05, 3.63) is 53.3 Å². The molecule has 4 nitrogen and oxygen atoms in total. The van der Waals surface area contributed by atoms with Gasteiger partial charge in [-0.25, -0.2) is 9.97 Å². The van der Waals surface area contributed by atoms with Crippen LogP contribution in [0.3, 0.4) is 0 Å². The van der Waals surface area contributed by atoms with Crippen LogP contribution < -0.4 is 10.6 Å². The van der Waals surface area contributed by atoms with E-state index in [1.165, 1.54) is 5.56 Å². The first-order valence-corrected chi connectivity index (χ1v) is 6.90. The molecule has 1 unspecified atom stereocenters. The summed E-state index contributed by atoms with van der Waals surface area (Å²) >= 11 is 5.30. The van der Waals surface area contributed by atoms with Crippen molar-refractivity contribution in [2.45, 2.75) is 26.8 Å². The minimum absolute atomic E-state index is 0.127. The first-order valence-electron chi connectivity index (χ1n) is 6.49. The third kappa shape index (κ3) is 3.99. The number of hydrogen-bond donors (Lipinski definition) is 2. The molecule has 1 aromatic carbocycles. The molecule has 0 fully saturated rings. The number of thiocarbonyl (C=S) groups is 1. The number of hydrogen-bond acceptors (Lipinski definition) is 3. The van der Waals surface area contributed by atoms with Crippen molar-refractivity contribution in [1.82, 2.24) is 15.3 Å². The lowest BCUT2D eigenvalue weighted by molar-refractivity contribution is 0.722. The maximum atomic E-state index is 5.30. The molecular weight excluding hydrogens is 268 g/mol. The molecule has 0 saturated carbocycles. The van der Waals surface area contributed by atoms with Gasteiger partial charge in [0.25, 0.3) is 0 Å². The zero-order valence-electron chi connectivity index (χ0n) is 11.8. The molecule has 0 aliphatic heterocycles. The summed E-state index contributed by atoms with van der Waals surface area (Å²) in [5, 5.41) is 6.77. The second-order valence-electron chi connectivity index (χ2n) is 4.71. The highest BCUT2D eigenvalue weighted by Crippen LogP contribution is 2.11. The van der Waals surface area contributed by atoms with Crippen molar-refractivity contribution in [2.75, 3.05) is 5.32 Å². The van der Waals surface area contributed by atoms with Crippen LogP contribution in [0.5, 0.6) is 0 Å². The number of nitrogens with one attached hydrogen (secondary N) is 2. The van der Waals surface area contributed by atoms with Crippen molar-refractivity contribution < 1.29 is 0 Å². The third-order valence-corrected chi connectivity index (χ3v) is 3.07. The van der Waals surface area contributed by atoms with Crippen molar-refractivity contribution >= 4 is 23.3 Å². The zero-order chi connectivity index (χ0) is 14.5. The minimum Gasteiger partial charge on any atom is -0.356 e. The van der Waals surface area contributed by atoms with Crippen LogP contribution in [-0.2, 0) is 0 Å². The Morgan fingerprint density at radius 3 is 2.30 bits per heavy atom. The Morgan fingerprint density at radius 2 is 1.70 bits per heavy atom. The molecular formula is C15H18N4S. The average Bonchev–Trinajstić information content (AvgIpc) is 2.38. The van der Waals surface area contributed by atoms with Crippen LogP contribution in [0, 0.1) is 13.8 Å². The Labute approximate surface area is 124 Å². The van der Waals surface area contributed by atoms with Gasteiger partial charge in [0.15, 0.2) is 5.11 Å². The number of rotatable bonds is 3. The predicted molar refractivity (Wildman–Crippen MR) is 85.7 cm³/mol. The van der Waals surface area contributed by atoms with E-state index in [1.54, 1.807) is 0 Å². The molecule has 20 heavy (non-hydrogen) atoms. The number of aryl methyl sites for hydroxylation is 2. The van der Waals surface area contributed by atoms with E-state index < -0.39 is 0 Å².